The van der Waals surface area contributed by atoms with Gasteiger partial charge in [0, 0.05) is 11.3 Å². The molecule has 7 heteroatoms. The molecule has 0 bridgehead atoms. The van der Waals surface area contributed by atoms with Gasteiger partial charge in [-0.05, 0) is 49.6 Å². The van der Waals surface area contributed by atoms with Gasteiger partial charge in [-0.1, -0.05) is 79.2 Å². The molecule has 1 N–H and O–H groups in total. The first kappa shape index (κ1) is 23.1. The van der Waals surface area contributed by atoms with Gasteiger partial charge >= 0.3 is 0 Å². The Kier molecular flexibility index (Phi) is 6.77. The summed E-state index contributed by atoms with van der Waals surface area (Å²) in [5, 5.41) is 12.6. The summed E-state index contributed by atoms with van der Waals surface area (Å²) in [5.74, 6) is 0.904. The summed E-state index contributed by atoms with van der Waals surface area (Å²) in [4.78, 5) is 17.5. The van der Waals surface area contributed by atoms with E-state index in [4.69, 9.17) is 4.98 Å². The standard InChI is InChI=1S/C28H27N5OS/c1-3-4-7-20-12-16-22(17-13-20)29-25(34)18-35-28-27-32-31-26(21-14-10-19(2)11-15-21)33(27)24-9-6-5-8-23(24)30-28/h5-6,8-17H,3-4,7,18H2,1-2H3,(H,29,34). The third kappa shape index (κ3) is 5.05. The van der Waals surface area contributed by atoms with E-state index in [9.17, 15) is 4.79 Å². The second kappa shape index (κ2) is 10.3. The van der Waals surface area contributed by atoms with Crippen LogP contribution in [0.4, 0.5) is 5.69 Å². The number of benzene rings is 3. The maximum absolute atomic E-state index is 12.7. The van der Waals surface area contributed by atoms with Crippen LogP contribution in [0.2, 0.25) is 0 Å². The zero-order valence-corrected chi connectivity index (χ0v) is 20.7. The zero-order chi connectivity index (χ0) is 24.2. The number of hydrogen-bond donors (Lipinski definition) is 1. The predicted octanol–water partition coefficient (Wildman–Crippen LogP) is 6.33. The number of aryl methyl sites for hydroxylation is 2. The molecular weight excluding hydrogens is 454 g/mol. The van der Waals surface area contributed by atoms with E-state index in [1.165, 1.54) is 35.7 Å². The van der Waals surface area contributed by atoms with Gasteiger partial charge in [0.15, 0.2) is 11.5 Å². The van der Waals surface area contributed by atoms with Crippen LogP contribution in [0.1, 0.15) is 30.9 Å². The first-order chi connectivity index (χ1) is 17.1. The number of aromatic nitrogens is 4. The number of nitrogens with zero attached hydrogens (tertiary/aromatic N) is 4. The minimum Gasteiger partial charge on any atom is -0.325 e. The molecule has 2 heterocycles. The quantitative estimate of drug-likeness (QED) is 0.262. The molecule has 5 rings (SSSR count). The molecule has 6 nitrogen and oxygen atoms in total. The van der Waals surface area contributed by atoms with E-state index in [-0.39, 0.29) is 11.7 Å². The number of hydrogen-bond acceptors (Lipinski definition) is 5. The minimum atomic E-state index is -0.0808. The first-order valence-corrected chi connectivity index (χ1v) is 12.8. The van der Waals surface area contributed by atoms with Crippen LogP contribution in [0, 0.1) is 6.92 Å². The molecule has 0 fully saturated rings. The van der Waals surface area contributed by atoms with Crippen LogP contribution in [0.5, 0.6) is 0 Å². The normalized spacial score (nSPS) is 11.3. The summed E-state index contributed by atoms with van der Waals surface area (Å²) in [7, 11) is 0. The van der Waals surface area contributed by atoms with Crippen LogP contribution in [0.3, 0.4) is 0 Å². The second-order valence-corrected chi connectivity index (χ2v) is 9.56. The topological polar surface area (TPSA) is 72.2 Å². The highest BCUT2D eigenvalue weighted by molar-refractivity contribution is 8.00. The van der Waals surface area contributed by atoms with Gasteiger partial charge in [0.1, 0.15) is 5.03 Å². The summed E-state index contributed by atoms with van der Waals surface area (Å²) in [6.45, 7) is 4.25. The van der Waals surface area contributed by atoms with Gasteiger partial charge in [-0.3, -0.25) is 9.20 Å². The maximum Gasteiger partial charge on any atom is 0.234 e. The summed E-state index contributed by atoms with van der Waals surface area (Å²) in [5.41, 5.74) is 6.67. The van der Waals surface area contributed by atoms with E-state index in [1.54, 1.807) is 0 Å². The second-order valence-electron chi connectivity index (χ2n) is 8.59. The summed E-state index contributed by atoms with van der Waals surface area (Å²) in [6.07, 6.45) is 3.40. The number of fused-ring (bicyclic) bond motifs is 3. The number of carbonyl (C=O) groups excluding carboxylic acids is 1. The molecule has 0 aliphatic heterocycles. The van der Waals surface area contributed by atoms with E-state index >= 15 is 0 Å². The van der Waals surface area contributed by atoms with Crippen LogP contribution in [0.25, 0.3) is 28.1 Å². The van der Waals surface area contributed by atoms with Gasteiger partial charge in [-0.15, -0.1) is 10.2 Å². The van der Waals surface area contributed by atoms with Gasteiger partial charge in [0.25, 0.3) is 0 Å². The van der Waals surface area contributed by atoms with Gasteiger partial charge < -0.3 is 5.32 Å². The van der Waals surface area contributed by atoms with Crippen molar-refractivity contribution in [2.24, 2.45) is 0 Å². The third-order valence-electron chi connectivity index (χ3n) is 5.91. The Bertz CT molecular complexity index is 1480. The van der Waals surface area contributed by atoms with Crippen LogP contribution in [-0.4, -0.2) is 31.2 Å². The number of carbonyl (C=O) groups is 1. The third-order valence-corrected chi connectivity index (χ3v) is 6.86. The van der Waals surface area contributed by atoms with Crippen molar-refractivity contribution in [1.29, 1.82) is 0 Å². The van der Waals surface area contributed by atoms with Crippen molar-refractivity contribution in [3.63, 3.8) is 0 Å². The highest BCUT2D eigenvalue weighted by Gasteiger charge is 2.17. The number of nitrogens with one attached hydrogen (secondary N) is 1. The SMILES string of the molecule is CCCCc1ccc(NC(=O)CSc2nc3ccccc3n3c(-c4ccc(C)cc4)nnc23)cc1. The lowest BCUT2D eigenvalue weighted by molar-refractivity contribution is -0.113. The Balaban J connectivity index is 1.39. The van der Waals surface area contributed by atoms with Crippen molar-refractivity contribution in [2.75, 3.05) is 11.1 Å². The van der Waals surface area contributed by atoms with Crippen molar-refractivity contribution in [3.05, 3.63) is 83.9 Å². The van der Waals surface area contributed by atoms with E-state index in [0.717, 1.165) is 34.5 Å². The molecule has 5 aromatic rings. The molecule has 176 valence electrons. The number of rotatable bonds is 8. The molecule has 0 saturated heterocycles. The average molecular weight is 482 g/mol. The zero-order valence-electron chi connectivity index (χ0n) is 19.9. The Hall–Kier alpha value is -3.71. The molecule has 0 radical (unpaired) electrons. The van der Waals surface area contributed by atoms with Crippen molar-refractivity contribution in [1.82, 2.24) is 19.6 Å². The Labute approximate surface area is 208 Å². The minimum absolute atomic E-state index is 0.0808. The molecular formula is C28H27N5OS. The number of unbranched alkanes of at least 4 members (excludes halogenated alkanes) is 1. The molecule has 0 aliphatic rings. The van der Waals surface area contributed by atoms with Crippen molar-refractivity contribution < 1.29 is 4.79 Å². The lowest BCUT2D eigenvalue weighted by Crippen LogP contribution is -2.14. The number of thioether (sulfide) groups is 1. The number of anilines is 1. The molecule has 2 aromatic heterocycles. The number of amides is 1. The number of para-hydroxylation sites is 2. The molecule has 0 aliphatic carbocycles. The molecule has 0 unspecified atom stereocenters. The van der Waals surface area contributed by atoms with Crippen LogP contribution >= 0.6 is 11.8 Å². The Morgan fingerprint density at radius 3 is 2.51 bits per heavy atom. The van der Waals surface area contributed by atoms with E-state index in [2.05, 4.69) is 65.8 Å². The van der Waals surface area contributed by atoms with Crippen LogP contribution in [-0.2, 0) is 11.2 Å². The van der Waals surface area contributed by atoms with E-state index < -0.39 is 0 Å². The van der Waals surface area contributed by atoms with E-state index in [1.807, 2.05) is 40.8 Å². The highest BCUT2D eigenvalue weighted by atomic mass is 32.2. The summed E-state index contributed by atoms with van der Waals surface area (Å²) in [6, 6.07) is 24.2. The average Bonchev–Trinajstić information content (AvgIpc) is 3.33. The van der Waals surface area contributed by atoms with Crippen molar-refractivity contribution in [2.45, 2.75) is 38.1 Å². The summed E-state index contributed by atoms with van der Waals surface area (Å²) >= 11 is 1.37. The molecule has 1 amide bonds. The van der Waals surface area contributed by atoms with Gasteiger partial charge in [-0.2, -0.15) is 0 Å². The lowest BCUT2D eigenvalue weighted by Gasteiger charge is -2.09. The van der Waals surface area contributed by atoms with Gasteiger partial charge in [-0.25, -0.2) is 4.98 Å². The Morgan fingerprint density at radius 1 is 0.971 bits per heavy atom. The largest absolute Gasteiger partial charge is 0.325 e. The molecule has 0 spiro atoms. The molecule has 0 atom stereocenters. The van der Waals surface area contributed by atoms with Crippen LogP contribution in [0.15, 0.2) is 77.8 Å². The lowest BCUT2D eigenvalue weighted by atomic mass is 10.1. The monoisotopic (exact) mass is 481 g/mol. The highest BCUT2D eigenvalue weighted by Crippen LogP contribution is 2.29. The van der Waals surface area contributed by atoms with Crippen LogP contribution < -0.4 is 5.32 Å². The maximum atomic E-state index is 12.7. The summed E-state index contributed by atoms with van der Waals surface area (Å²) < 4.78 is 2.03. The fourth-order valence-corrected chi connectivity index (χ4v) is 4.78. The molecule has 3 aromatic carbocycles. The fourth-order valence-electron chi connectivity index (χ4n) is 4.01. The van der Waals surface area contributed by atoms with E-state index in [0.29, 0.717) is 10.7 Å². The van der Waals surface area contributed by atoms with Gasteiger partial charge in [0.05, 0.1) is 16.8 Å². The first-order valence-electron chi connectivity index (χ1n) is 11.8. The van der Waals surface area contributed by atoms with Gasteiger partial charge in [0.2, 0.25) is 5.91 Å². The molecule has 35 heavy (non-hydrogen) atoms. The van der Waals surface area contributed by atoms with Crippen molar-refractivity contribution in [3.8, 4) is 11.4 Å². The fraction of sp³-hybridized carbons (Fsp3) is 0.214. The Morgan fingerprint density at radius 2 is 1.74 bits per heavy atom. The smallest absolute Gasteiger partial charge is 0.234 e. The predicted molar refractivity (Wildman–Crippen MR) is 143 cm³/mol. The van der Waals surface area contributed by atoms with Crippen molar-refractivity contribution >= 4 is 40.0 Å². The molecule has 0 saturated carbocycles.